The lowest BCUT2D eigenvalue weighted by Crippen LogP contribution is -2.51. The number of amides is 1. The van der Waals surface area contributed by atoms with Crippen molar-refractivity contribution in [1.29, 1.82) is 0 Å². The maximum absolute atomic E-state index is 13.5. The number of carbonyl (C=O) groups is 2. The number of benzene rings is 2. The number of halogens is 1. The van der Waals surface area contributed by atoms with Crippen LogP contribution in [-0.2, 0) is 19.1 Å². The van der Waals surface area contributed by atoms with Gasteiger partial charge in [0, 0.05) is 12.1 Å². The van der Waals surface area contributed by atoms with Gasteiger partial charge in [-0.3, -0.25) is 14.5 Å². The maximum Gasteiger partial charge on any atom is 0.321 e. The van der Waals surface area contributed by atoms with Crippen LogP contribution in [-0.4, -0.2) is 48.3 Å². The molecule has 3 aromatic rings. The van der Waals surface area contributed by atoms with E-state index in [2.05, 4.69) is 0 Å². The van der Waals surface area contributed by atoms with Crippen molar-refractivity contribution in [1.82, 2.24) is 9.55 Å². The minimum Gasteiger partial charge on any atom is -0.465 e. The highest BCUT2D eigenvalue weighted by Crippen LogP contribution is 2.41. The Bertz CT molecular complexity index is 1100. The molecule has 1 aliphatic rings. The molecule has 0 N–H and O–H groups in total. The summed E-state index contributed by atoms with van der Waals surface area (Å²) in [5, 5.41) is 0.523. The molecule has 4 rings (SSSR count). The molecule has 2 heterocycles. The van der Waals surface area contributed by atoms with Crippen molar-refractivity contribution in [2.45, 2.75) is 13.0 Å². The molecule has 2 atom stereocenters. The van der Waals surface area contributed by atoms with E-state index in [1.54, 1.807) is 32.2 Å². The smallest absolute Gasteiger partial charge is 0.321 e. The van der Waals surface area contributed by atoms with Gasteiger partial charge < -0.3 is 14.0 Å². The number of hydrogen-bond donors (Lipinski definition) is 0. The van der Waals surface area contributed by atoms with E-state index in [1.165, 1.54) is 4.90 Å². The van der Waals surface area contributed by atoms with Crippen molar-refractivity contribution in [2.75, 3.05) is 31.8 Å². The van der Waals surface area contributed by atoms with Crippen LogP contribution in [0.25, 0.3) is 11.0 Å². The summed E-state index contributed by atoms with van der Waals surface area (Å²) in [4.78, 5) is 32.7. The molecule has 30 heavy (non-hydrogen) atoms. The number of rotatable bonds is 6. The highest BCUT2D eigenvalue weighted by Gasteiger charge is 2.47. The van der Waals surface area contributed by atoms with Gasteiger partial charge >= 0.3 is 5.97 Å². The van der Waals surface area contributed by atoms with Crippen molar-refractivity contribution in [2.24, 2.45) is 5.92 Å². The Balaban J connectivity index is 1.98. The number of nitrogens with zero attached hydrogens (tertiary/aromatic N) is 3. The quantitative estimate of drug-likeness (QED) is 0.445. The second kappa shape index (κ2) is 8.45. The Morgan fingerprint density at radius 3 is 2.73 bits per heavy atom. The van der Waals surface area contributed by atoms with E-state index in [0.717, 1.165) is 16.6 Å². The van der Waals surface area contributed by atoms with E-state index < -0.39 is 17.9 Å². The Morgan fingerprint density at radius 1 is 1.20 bits per heavy atom. The largest absolute Gasteiger partial charge is 0.465 e. The minimum absolute atomic E-state index is 0.181. The van der Waals surface area contributed by atoms with Crippen molar-refractivity contribution in [3.8, 4) is 0 Å². The van der Waals surface area contributed by atoms with Crippen LogP contribution in [0, 0.1) is 5.92 Å². The average Bonchev–Trinajstić information content (AvgIpc) is 3.11. The Hall–Kier alpha value is -2.90. The topological polar surface area (TPSA) is 73.7 Å². The summed E-state index contributed by atoms with van der Waals surface area (Å²) >= 11 is 6.25. The molecule has 1 aromatic heterocycles. The van der Waals surface area contributed by atoms with Crippen LogP contribution in [0.15, 0.2) is 48.5 Å². The number of imidazole rings is 1. The second-order valence-electron chi connectivity index (χ2n) is 6.98. The zero-order valence-electron chi connectivity index (χ0n) is 16.7. The highest BCUT2D eigenvalue weighted by molar-refractivity contribution is 6.30. The molecule has 7 nitrogen and oxygen atoms in total. The molecule has 0 unspecified atom stereocenters. The average molecular weight is 428 g/mol. The van der Waals surface area contributed by atoms with Gasteiger partial charge in [0.25, 0.3) is 0 Å². The van der Waals surface area contributed by atoms with E-state index in [9.17, 15) is 9.59 Å². The monoisotopic (exact) mass is 427 g/mol. The fourth-order valence-corrected chi connectivity index (χ4v) is 4.13. The lowest BCUT2D eigenvalue weighted by atomic mass is 9.89. The third-order valence-electron chi connectivity index (χ3n) is 5.19. The predicted molar refractivity (Wildman–Crippen MR) is 114 cm³/mol. The van der Waals surface area contributed by atoms with E-state index in [1.807, 2.05) is 34.9 Å². The van der Waals surface area contributed by atoms with Crippen LogP contribution >= 0.6 is 11.6 Å². The van der Waals surface area contributed by atoms with Gasteiger partial charge in [-0.25, -0.2) is 4.98 Å². The summed E-state index contributed by atoms with van der Waals surface area (Å²) in [7, 11) is 1.56. The molecule has 0 saturated carbocycles. The molecule has 0 aliphatic carbocycles. The molecular weight excluding hydrogens is 406 g/mol. The number of ether oxygens (including phenoxy) is 2. The summed E-state index contributed by atoms with van der Waals surface area (Å²) in [6, 6.07) is 14.2. The van der Waals surface area contributed by atoms with Crippen molar-refractivity contribution < 1.29 is 19.1 Å². The molecular formula is C22H22ClN3O4. The molecule has 0 radical (unpaired) electrons. The third kappa shape index (κ3) is 3.44. The van der Waals surface area contributed by atoms with E-state index in [-0.39, 0.29) is 19.1 Å². The molecule has 8 heteroatoms. The van der Waals surface area contributed by atoms with E-state index >= 15 is 0 Å². The molecule has 1 amide bonds. The van der Waals surface area contributed by atoms with Gasteiger partial charge in [-0.05, 0) is 36.8 Å². The third-order valence-corrected chi connectivity index (χ3v) is 5.43. The van der Waals surface area contributed by atoms with E-state index in [0.29, 0.717) is 17.6 Å². The van der Waals surface area contributed by atoms with Crippen molar-refractivity contribution in [3.63, 3.8) is 0 Å². The van der Waals surface area contributed by atoms with Gasteiger partial charge in [0.1, 0.15) is 0 Å². The van der Waals surface area contributed by atoms with Gasteiger partial charge in [0.05, 0.1) is 36.8 Å². The number of hydrogen-bond acceptors (Lipinski definition) is 5. The van der Waals surface area contributed by atoms with Crippen LogP contribution in [0.2, 0.25) is 5.02 Å². The fraction of sp³-hybridized carbons (Fsp3) is 0.318. The van der Waals surface area contributed by atoms with Crippen LogP contribution in [0.1, 0.15) is 18.5 Å². The summed E-state index contributed by atoms with van der Waals surface area (Å²) < 4.78 is 12.4. The minimum atomic E-state index is -1.06. The molecule has 0 bridgehead atoms. The molecule has 2 aromatic carbocycles. The van der Waals surface area contributed by atoms with Gasteiger partial charge in [0.15, 0.2) is 5.92 Å². The lowest BCUT2D eigenvalue weighted by molar-refractivity contribution is -0.153. The number of anilines is 1. The first-order valence-electron chi connectivity index (χ1n) is 9.76. The summed E-state index contributed by atoms with van der Waals surface area (Å²) in [6.45, 7) is 2.49. The first-order chi connectivity index (χ1) is 14.6. The fourth-order valence-electron chi connectivity index (χ4n) is 3.93. The zero-order chi connectivity index (χ0) is 21.3. The van der Waals surface area contributed by atoms with Crippen LogP contribution in [0.3, 0.4) is 0 Å². The van der Waals surface area contributed by atoms with Crippen LogP contribution in [0.5, 0.6) is 0 Å². The normalized spacial score (nSPS) is 18.5. The number of carbonyl (C=O) groups excluding carboxylic acids is 2. The summed E-state index contributed by atoms with van der Waals surface area (Å²) in [6.07, 6.45) is 0. The summed E-state index contributed by atoms with van der Waals surface area (Å²) in [5.41, 5.74) is 2.30. The Labute approximate surface area is 179 Å². The molecule has 0 spiro atoms. The lowest BCUT2D eigenvalue weighted by Gasteiger charge is -2.37. The number of fused-ring (bicyclic) bond motifs is 3. The summed E-state index contributed by atoms with van der Waals surface area (Å²) in [5.74, 6) is -1.52. The SMILES string of the molecule is CCOC(=O)[C@H]1C(=O)N(CCOC)c2nc3ccccc3n2[C@@H]1c1cccc(Cl)c1. The standard InChI is InChI=1S/C22H22ClN3O4/c1-3-30-21(28)18-19(14-7-6-8-15(23)13-14)26-17-10-5-4-9-16(17)24-22(26)25(20(18)27)11-12-29-2/h4-10,13,18-19H,3,11-12H2,1-2H3/t18-,19-/m1/s1. The Morgan fingerprint density at radius 2 is 2.00 bits per heavy atom. The van der Waals surface area contributed by atoms with Crippen molar-refractivity contribution >= 4 is 40.5 Å². The zero-order valence-corrected chi connectivity index (χ0v) is 17.5. The predicted octanol–water partition coefficient (Wildman–Crippen LogP) is 3.45. The van der Waals surface area contributed by atoms with E-state index in [4.69, 9.17) is 26.1 Å². The Kier molecular flexibility index (Phi) is 5.74. The maximum atomic E-state index is 13.5. The molecule has 1 aliphatic heterocycles. The molecule has 0 saturated heterocycles. The van der Waals surface area contributed by atoms with Crippen molar-refractivity contribution in [3.05, 3.63) is 59.1 Å². The second-order valence-corrected chi connectivity index (χ2v) is 7.42. The number of methoxy groups -OCH3 is 1. The number of esters is 1. The van der Waals surface area contributed by atoms with Gasteiger partial charge in [-0.2, -0.15) is 0 Å². The highest BCUT2D eigenvalue weighted by atomic mass is 35.5. The van der Waals surface area contributed by atoms with Gasteiger partial charge in [-0.15, -0.1) is 0 Å². The van der Waals surface area contributed by atoms with Gasteiger partial charge in [-0.1, -0.05) is 35.9 Å². The molecule has 0 fully saturated rings. The van der Waals surface area contributed by atoms with Crippen LogP contribution in [0.4, 0.5) is 5.95 Å². The molecule has 156 valence electrons. The number of aromatic nitrogens is 2. The van der Waals surface area contributed by atoms with Crippen LogP contribution < -0.4 is 4.90 Å². The first-order valence-corrected chi connectivity index (χ1v) is 10.1. The number of para-hydroxylation sites is 2. The van der Waals surface area contributed by atoms with Gasteiger partial charge in [0.2, 0.25) is 11.9 Å². The first kappa shape index (κ1) is 20.4.